The highest BCUT2D eigenvalue weighted by Gasteiger charge is 2.17. The predicted octanol–water partition coefficient (Wildman–Crippen LogP) is 0.942. The number of halogens is 1. The average Bonchev–Trinajstić information content (AvgIpc) is 2.38. The van der Waals surface area contributed by atoms with Gasteiger partial charge in [0.15, 0.2) is 0 Å². The molecule has 8 heteroatoms. The molecule has 0 bridgehead atoms. The topological polar surface area (TPSA) is 92.6 Å². The van der Waals surface area contributed by atoms with Crippen LogP contribution in [-0.2, 0) is 4.79 Å². The fraction of sp³-hybridized carbons (Fsp3) is 0.333. The molecule has 0 aromatic heterocycles. The van der Waals surface area contributed by atoms with E-state index in [9.17, 15) is 24.1 Å². The SMILES string of the molecule is CN(C)C(=O)CCNC(=O)c1ccc(F)c([N+](=O)[O-])c1. The molecule has 0 aliphatic rings. The third kappa shape index (κ3) is 4.01. The number of nitrogens with one attached hydrogen (secondary N) is 1. The standard InChI is InChI=1S/C12H14FN3O4/c1-15(2)11(17)5-6-14-12(18)8-3-4-9(13)10(7-8)16(19)20/h3-4,7H,5-6H2,1-2H3,(H,14,18). The zero-order valence-corrected chi connectivity index (χ0v) is 11.1. The molecule has 1 rings (SSSR count). The Morgan fingerprint density at radius 1 is 1.40 bits per heavy atom. The molecule has 0 saturated carbocycles. The van der Waals surface area contributed by atoms with Gasteiger partial charge in [0.05, 0.1) is 4.92 Å². The van der Waals surface area contributed by atoms with Crippen LogP contribution in [-0.4, -0.2) is 42.3 Å². The van der Waals surface area contributed by atoms with E-state index in [1.165, 1.54) is 4.90 Å². The van der Waals surface area contributed by atoms with Crippen molar-refractivity contribution in [1.82, 2.24) is 10.2 Å². The Balaban J connectivity index is 2.67. The molecule has 7 nitrogen and oxygen atoms in total. The van der Waals surface area contributed by atoms with Crippen molar-refractivity contribution in [3.05, 3.63) is 39.7 Å². The highest BCUT2D eigenvalue weighted by molar-refractivity contribution is 5.95. The molecule has 0 atom stereocenters. The van der Waals surface area contributed by atoms with Crippen LogP contribution in [0.15, 0.2) is 18.2 Å². The summed E-state index contributed by atoms with van der Waals surface area (Å²) in [6, 6.07) is 2.86. The predicted molar refractivity (Wildman–Crippen MR) is 68.7 cm³/mol. The Hall–Kier alpha value is -2.51. The van der Waals surface area contributed by atoms with Crippen LogP contribution in [0.2, 0.25) is 0 Å². The zero-order valence-electron chi connectivity index (χ0n) is 11.1. The average molecular weight is 283 g/mol. The van der Waals surface area contributed by atoms with Gasteiger partial charge in [0, 0.05) is 38.7 Å². The minimum atomic E-state index is -1.01. The number of nitro benzene ring substituents is 1. The summed E-state index contributed by atoms with van der Waals surface area (Å²) >= 11 is 0. The van der Waals surface area contributed by atoms with E-state index in [-0.39, 0.29) is 24.4 Å². The fourth-order valence-electron chi connectivity index (χ4n) is 1.40. The Kier molecular flexibility index (Phi) is 5.13. The van der Waals surface area contributed by atoms with E-state index >= 15 is 0 Å². The van der Waals surface area contributed by atoms with E-state index in [1.807, 2.05) is 0 Å². The molecule has 0 saturated heterocycles. The molecule has 0 radical (unpaired) electrons. The molecule has 0 aliphatic carbocycles. The van der Waals surface area contributed by atoms with Crippen molar-refractivity contribution in [1.29, 1.82) is 0 Å². The third-order valence-corrected chi connectivity index (χ3v) is 2.53. The Morgan fingerprint density at radius 3 is 2.60 bits per heavy atom. The number of benzene rings is 1. The summed E-state index contributed by atoms with van der Waals surface area (Å²) in [5, 5.41) is 13.0. The number of amides is 2. The number of hydrogen-bond donors (Lipinski definition) is 1. The minimum absolute atomic E-state index is 0.0320. The van der Waals surface area contributed by atoms with E-state index in [4.69, 9.17) is 0 Å². The van der Waals surface area contributed by atoms with Gasteiger partial charge in [-0.15, -0.1) is 0 Å². The van der Waals surface area contributed by atoms with Gasteiger partial charge in [0.2, 0.25) is 11.7 Å². The summed E-state index contributed by atoms with van der Waals surface area (Å²) in [4.78, 5) is 34.0. The van der Waals surface area contributed by atoms with Crippen molar-refractivity contribution in [2.45, 2.75) is 6.42 Å². The van der Waals surface area contributed by atoms with Gasteiger partial charge in [-0.2, -0.15) is 4.39 Å². The molecule has 1 aromatic rings. The van der Waals surface area contributed by atoms with Gasteiger partial charge in [0.1, 0.15) is 0 Å². The first-order valence-electron chi connectivity index (χ1n) is 5.75. The fourth-order valence-corrected chi connectivity index (χ4v) is 1.40. The van der Waals surface area contributed by atoms with Crippen molar-refractivity contribution < 1.29 is 18.9 Å². The van der Waals surface area contributed by atoms with E-state index in [2.05, 4.69) is 5.32 Å². The maximum absolute atomic E-state index is 13.1. The van der Waals surface area contributed by atoms with Crippen molar-refractivity contribution in [3.8, 4) is 0 Å². The van der Waals surface area contributed by atoms with Gasteiger partial charge < -0.3 is 10.2 Å². The first kappa shape index (κ1) is 15.5. The van der Waals surface area contributed by atoms with E-state index in [0.29, 0.717) is 0 Å². The maximum Gasteiger partial charge on any atom is 0.305 e. The summed E-state index contributed by atoms with van der Waals surface area (Å²) in [5.74, 6) is -1.76. The smallest absolute Gasteiger partial charge is 0.305 e. The van der Waals surface area contributed by atoms with Crippen LogP contribution >= 0.6 is 0 Å². The summed E-state index contributed by atoms with van der Waals surface area (Å²) in [6.45, 7) is 0.0982. The highest BCUT2D eigenvalue weighted by atomic mass is 19.1. The van der Waals surface area contributed by atoms with Crippen molar-refractivity contribution in [3.63, 3.8) is 0 Å². The van der Waals surface area contributed by atoms with Crippen LogP contribution in [0.25, 0.3) is 0 Å². The molecule has 0 spiro atoms. The number of hydrogen-bond acceptors (Lipinski definition) is 4. The molecule has 1 aromatic carbocycles. The van der Waals surface area contributed by atoms with Crippen molar-refractivity contribution >= 4 is 17.5 Å². The summed E-state index contributed by atoms with van der Waals surface area (Å²) in [6.07, 6.45) is 0.113. The summed E-state index contributed by atoms with van der Waals surface area (Å²) in [7, 11) is 3.18. The lowest BCUT2D eigenvalue weighted by Gasteiger charge is -2.10. The molecule has 0 fully saturated rings. The Morgan fingerprint density at radius 2 is 2.05 bits per heavy atom. The number of carbonyl (C=O) groups is 2. The van der Waals surface area contributed by atoms with Crippen LogP contribution in [0.3, 0.4) is 0 Å². The second-order valence-electron chi connectivity index (χ2n) is 4.22. The van der Waals surface area contributed by atoms with Crippen molar-refractivity contribution in [2.75, 3.05) is 20.6 Å². The zero-order chi connectivity index (χ0) is 15.3. The molecule has 108 valence electrons. The number of nitrogens with zero attached hydrogens (tertiary/aromatic N) is 2. The van der Waals surface area contributed by atoms with Gasteiger partial charge >= 0.3 is 5.69 Å². The van der Waals surface area contributed by atoms with Gasteiger partial charge in [-0.25, -0.2) is 0 Å². The van der Waals surface area contributed by atoms with Gasteiger partial charge in [-0.1, -0.05) is 0 Å². The molecular formula is C12H14FN3O4. The van der Waals surface area contributed by atoms with Crippen LogP contribution in [0.5, 0.6) is 0 Å². The minimum Gasteiger partial charge on any atom is -0.352 e. The van der Waals surface area contributed by atoms with Gasteiger partial charge in [-0.3, -0.25) is 19.7 Å². The Bertz CT molecular complexity index is 546. The molecule has 0 aliphatic heterocycles. The molecule has 20 heavy (non-hydrogen) atoms. The monoisotopic (exact) mass is 283 g/mol. The van der Waals surface area contributed by atoms with Crippen LogP contribution in [0.4, 0.5) is 10.1 Å². The van der Waals surface area contributed by atoms with E-state index in [1.54, 1.807) is 14.1 Å². The van der Waals surface area contributed by atoms with Gasteiger partial charge in [-0.05, 0) is 12.1 Å². The largest absolute Gasteiger partial charge is 0.352 e. The first-order chi connectivity index (χ1) is 9.32. The second-order valence-corrected chi connectivity index (χ2v) is 4.22. The molecular weight excluding hydrogens is 269 g/mol. The Labute approximate surface area is 114 Å². The number of nitro groups is 1. The summed E-state index contributed by atoms with van der Waals surface area (Å²) in [5.41, 5.74) is -0.794. The van der Waals surface area contributed by atoms with Crippen molar-refractivity contribution in [2.24, 2.45) is 0 Å². The second kappa shape index (κ2) is 6.60. The molecule has 0 unspecified atom stereocenters. The lowest BCUT2D eigenvalue weighted by atomic mass is 10.2. The quantitative estimate of drug-likeness (QED) is 0.643. The molecule has 2 amide bonds. The normalized spacial score (nSPS) is 9.95. The lowest BCUT2D eigenvalue weighted by Crippen LogP contribution is -2.30. The lowest BCUT2D eigenvalue weighted by molar-refractivity contribution is -0.387. The number of rotatable bonds is 5. The highest BCUT2D eigenvalue weighted by Crippen LogP contribution is 2.18. The number of carbonyl (C=O) groups excluding carboxylic acids is 2. The maximum atomic E-state index is 13.1. The summed E-state index contributed by atoms with van der Waals surface area (Å²) < 4.78 is 13.1. The van der Waals surface area contributed by atoms with E-state index in [0.717, 1.165) is 18.2 Å². The van der Waals surface area contributed by atoms with Crippen LogP contribution in [0, 0.1) is 15.9 Å². The van der Waals surface area contributed by atoms with Crippen LogP contribution in [0.1, 0.15) is 16.8 Å². The molecule has 0 heterocycles. The van der Waals surface area contributed by atoms with E-state index < -0.39 is 22.3 Å². The third-order valence-electron chi connectivity index (χ3n) is 2.53. The first-order valence-corrected chi connectivity index (χ1v) is 5.75. The van der Waals surface area contributed by atoms with Gasteiger partial charge in [0.25, 0.3) is 5.91 Å². The molecule has 1 N–H and O–H groups in total. The van der Waals surface area contributed by atoms with Crippen LogP contribution < -0.4 is 5.32 Å².